The van der Waals surface area contributed by atoms with Crippen LogP contribution in [0.1, 0.15) is 17.5 Å². The van der Waals surface area contributed by atoms with Crippen LogP contribution in [0.3, 0.4) is 0 Å². The molecular formula is C23H21FN4O4. The van der Waals surface area contributed by atoms with Crippen molar-refractivity contribution in [1.29, 1.82) is 0 Å². The monoisotopic (exact) mass is 436 g/mol. The Morgan fingerprint density at radius 3 is 2.56 bits per heavy atom. The van der Waals surface area contributed by atoms with Crippen molar-refractivity contribution >= 4 is 29.3 Å². The molecule has 0 aromatic heterocycles. The van der Waals surface area contributed by atoms with Gasteiger partial charge in [-0.15, -0.1) is 0 Å². The number of hydrogen-bond acceptors (Lipinski definition) is 5. The molecule has 4 atom stereocenters. The third kappa shape index (κ3) is 2.85. The molecule has 0 aliphatic carbocycles. The minimum Gasteiger partial charge on any atom is -0.370 e. The normalized spacial score (nSPS) is 28.2. The van der Waals surface area contributed by atoms with Crippen LogP contribution in [0.4, 0.5) is 10.1 Å². The van der Waals surface area contributed by atoms with Crippen molar-refractivity contribution in [3.05, 3.63) is 65.5 Å². The van der Waals surface area contributed by atoms with E-state index < -0.39 is 52.9 Å². The van der Waals surface area contributed by atoms with Crippen molar-refractivity contribution in [3.8, 4) is 0 Å². The van der Waals surface area contributed by atoms with Gasteiger partial charge in [-0.3, -0.25) is 29.4 Å². The largest absolute Gasteiger partial charge is 0.370 e. The lowest BCUT2D eigenvalue weighted by atomic mass is 9.76. The van der Waals surface area contributed by atoms with E-state index in [9.17, 15) is 23.6 Å². The summed E-state index contributed by atoms with van der Waals surface area (Å²) in [5.74, 6) is -4.81. The smallest absolute Gasteiger partial charge is 0.250 e. The van der Waals surface area contributed by atoms with Gasteiger partial charge in [-0.25, -0.2) is 4.39 Å². The lowest BCUT2D eigenvalue weighted by Crippen LogP contribution is -2.53. The number of carbonyl (C=O) groups excluding carboxylic acids is 4. The summed E-state index contributed by atoms with van der Waals surface area (Å²) in [4.78, 5) is 52.9. The second-order valence-corrected chi connectivity index (χ2v) is 8.44. The molecule has 3 aliphatic rings. The molecule has 2 saturated heterocycles. The number of nitrogens with two attached hydrogens (primary N) is 1. The molecule has 0 unspecified atom stereocenters. The van der Waals surface area contributed by atoms with Crippen LogP contribution >= 0.6 is 0 Å². The quantitative estimate of drug-likeness (QED) is 0.595. The Bertz CT molecular complexity index is 1150. The van der Waals surface area contributed by atoms with Crippen molar-refractivity contribution in [2.45, 2.75) is 24.4 Å². The first-order valence-corrected chi connectivity index (χ1v) is 10.4. The molecule has 0 bridgehead atoms. The van der Waals surface area contributed by atoms with Gasteiger partial charge in [0, 0.05) is 30.3 Å². The maximum Gasteiger partial charge on any atom is 0.250 e. The van der Waals surface area contributed by atoms with E-state index in [1.165, 1.54) is 18.2 Å². The van der Waals surface area contributed by atoms with Gasteiger partial charge in [-0.1, -0.05) is 30.3 Å². The molecule has 32 heavy (non-hydrogen) atoms. The summed E-state index contributed by atoms with van der Waals surface area (Å²) in [6.45, 7) is 0.145. The Hall–Kier alpha value is -3.59. The summed E-state index contributed by atoms with van der Waals surface area (Å²) in [5, 5.41) is 5.73. The number of rotatable bonds is 5. The number of hydrogen-bond donors (Lipinski definition) is 3. The van der Waals surface area contributed by atoms with Crippen LogP contribution in [-0.4, -0.2) is 41.1 Å². The maximum absolute atomic E-state index is 14.1. The number of carbonyl (C=O) groups is 4. The van der Waals surface area contributed by atoms with Crippen molar-refractivity contribution in [2.75, 3.05) is 11.9 Å². The van der Waals surface area contributed by atoms with E-state index >= 15 is 0 Å². The minimum absolute atomic E-state index is 0.145. The number of anilines is 1. The Kier molecular flexibility index (Phi) is 4.59. The summed E-state index contributed by atoms with van der Waals surface area (Å²) < 4.78 is 14.1. The predicted molar refractivity (Wildman–Crippen MR) is 111 cm³/mol. The predicted octanol–water partition coefficient (Wildman–Crippen LogP) is 0.664. The molecule has 2 fully saturated rings. The first kappa shape index (κ1) is 20.3. The highest BCUT2D eigenvalue weighted by Gasteiger charge is 2.70. The average molecular weight is 436 g/mol. The molecule has 2 aromatic rings. The highest BCUT2D eigenvalue weighted by atomic mass is 19.1. The first-order chi connectivity index (χ1) is 15.3. The van der Waals surface area contributed by atoms with Crippen LogP contribution in [0, 0.1) is 17.7 Å². The van der Waals surface area contributed by atoms with E-state index in [0.29, 0.717) is 12.1 Å². The number of likely N-dealkylation sites (tertiary alicyclic amines) is 1. The molecule has 1 spiro atoms. The lowest BCUT2D eigenvalue weighted by molar-refractivity contribution is -0.142. The Morgan fingerprint density at radius 2 is 1.84 bits per heavy atom. The standard InChI is InChI=1S/C23H21FN4O4/c24-13-6-7-15-14(10-13)23(22(32)26-15)19-18(16(27-23)11-17(25)29)20(30)28(21(19)31)9-8-12-4-2-1-3-5-12/h1-7,10,16,18-19,27H,8-9,11H2,(H2,25,29)(H,26,32)/t16-,18-,19+,23+/m1/s1. The van der Waals surface area contributed by atoms with Gasteiger partial charge < -0.3 is 11.1 Å². The van der Waals surface area contributed by atoms with Crippen molar-refractivity contribution in [2.24, 2.45) is 17.6 Å². The molecule has 0 radical (unpaired) electrons. The van der Waals surface area contributed by atoms with Gasteiger partial charge in [-0.2, -0.15) is 0 Å². The molecule has 164 valence electrons. The number of amides is 4. The molecule has 9 heteroatoms. The Balaban J connectivity index is 1.55. The van der Waals surface area contributed by atoms with Gasteiger partial charge in [0.05, 0.1) is 11.8 Å². The Labute approximate surface area is 182 Å². The fourth-order valence-electron chi connectivity index (χ4n) is 5.33. The van der Waals surface area contributed by atoms with Crippen LogP contribution in [-0.2, 0) is 31.1 Å². The molecule has 3 aliphatic heterocycles. The minimum atomic E-state index is -1.64. The summed E-state index contributed by atoms with van der Waals surface area (Å²) in [6, 6.07) is 12.4. The third-order valence-corrected chi connectivity index (χ3v) is 6.66. The number of nitrogens with zero attached hydrogens (tertiary/aromatic N) is 1. The second-order valence-electron chi connectivity index (χ2n) is 8.44. The zero-order valence-electron chi connectivity index (χ0n) is 17.0. The first-order valence-electron chi connectivity index (χ1n) is 10.4. The van der Waals surface area contributed by atoms with Gasteiger partial charge in [-0.05, 0) is 30.2 Å². The number of nitrogens with one attached hydrogen (secondary N) is 2. The molecule has 0 saturated carbocycles. The third-order valence-electron chi connectivity index (χ3n) is 6.66. The molecule has 4 N–H and O–H groups in total. The van der Waals surface area contributed by atoms with Crippen molar-refractivity contribution < 1.29 is 23.6 Å². The van der Waals surface area contributed by atoms with E-state index in [1.54, 1.807) is 0 Å². The fourth-order valence-corrected chi connectivity index (χ4v) is 5.33. The molecule has 2 aromatic carbocycles. The van der Waals surface area contributed by atoms with E-state index in [2.05, 4.69) is 10.6 Å². The highest BCUT2D eigenvalue weighted by Crippen LogP contribution is 2.53. The Morgan fingerprint density at radius 1 is 1.09 bits per heavy atom. The topological polar surface area (TPSA) is 122 Å². The van der Waals surface area contributed by atoms with Gasteiger partial charge >= 0.3 is 0 Å². The van der Waals surface area contributed by atoms with Crippen LogP contribution in [0.25, 0.3) is 0 Å². The molecule has 3 heterocycles. The number of benzene rings is 2. The summed E-state index contributed by atoms with van der Waals surface area (Å²) >= 11 is 0. The van der Waals surface area contributed by atoms with Gasteiger partial charge in [0.1, 0.15) is 11.4 Å². The van der Waals surface area contributed by atoms with E-state index in [0.717, 1.165) is 10.5 Å². The summed E-state index contributed by atoms with van der Waals surface area (Å²) in [5.41, 5.74) is 5.34. The van der Waals surface area contributed by atoms with Crippen LogP contribution in [0.15, 0.2) is 48.5 Å². The van der Waals surface area contributed by atoms with Crippen molar-refractivity contribution in [1.82, 2.24) is 10.2 Å². The number of primary amides is 1. The number of fused-ring (bicyclic) bond motifs is 4. The van der Waals surface area contributed by atoms with E-state index in [4.69, 9.17) is 5.73 Å². The number of imide groups is 1. The van der Waals surface area contributed by atoms with Crippen LogP contribution in [0.5, 0.6) is 0 Å². The zero-order chi connectivity index (χ0) is 22.6. The lowest BCUT2D eigenvalue weighted by Gasteiger charge is -2.29. The van der Waals surface area contributed by atoms with E-state index in [-0.39, 0.29) is 18.5 Å². The molecule has 5 rings (SSSR count). The maximum atomic E-state index is 14.1. The zero-order valence-corrected chi connectivity index (χ0v) is 17.0. The average Bonchev–Trinajstić information content (AvgIpc) is 3.32. The molecule has 8 nitrogen and oxygen atoms in total. The van der Waals surface area contributed by atoms with Crippen LogP contribution < -0.4 is 16.4 Å². The van der Waals surface area contributed by atoms with Gasteiger partial charge in [0.2, 0.25) is 23.6 Å². The van der Waals surface area contributed by atoms with Gasteiger partial charge in [0.15, 0.2) is 0 Å². The second kappa shape index (κ2) is 7.23. The molecule has 4 amide bonds. The molecular weight excluding hydrogens is 415 g/mol. The van der Waals surface area contributed by atoms with E-state index in [1.807, 2.05) is 30.3 Å². The van der Waals surface area contributed by atoms with Crippen LogP contribution in [0.2, 0.25) is 0 Å². The van der Waals surface area contributed by atoms with Gasteiger partial charge in [0.25, 0.3) is 0 Å². The highest BCUT2D eigenvalue weighted by molar-refractivity contribution is 6.15. The summed E-state index contributed by atoms with van der Waals surface area (Å²) in [7, 11) is 0. The number of halogens is 1. The van der Waals surface area contributed by atoms with Crippen molar-refractivity contribution in [3.63, 3.8) is 0 Å². The fraction of sp³-hybridized carbons (Fsp3) is 0.304. The summed E-state index contributed by atoms with van der Waals surface area (Å²) in [6.07, 6.45) is 0.225. The SMILES string of the molecule is NC(=O)C[C@H]1N[C@]2(C(=O)Nc3ccc(F)cc32)[C@@H]2C(=O)N(CCc3ccccc3)C(=O)[C@@H]21.